The molecule has 1 rings (SSSR count). The summed E-state index contributed by atoms with van der Waals surface area (Å²) in [6, 6.07) is 0. The highest BCUT2D eigenvalue weighted by atomic mass is 35.5. The Morgan fingerprint density at radius 1 is 1.31 bits per heavy atom. The second kappa shape index (κ2) is 3.71. The van der Waals surface area contributed by atoms with Crippen molar-refractivity contribution in [3.63, 3.8) is 0 Å². The minimum Gasteiger partial charge on any atom is -0.267 e. The minimum atomic E-state index is -2.46. The number of halogens is 6. The van der Waals surface area contributed by atoms with Crippen LogP contribution in [0.15, 0.2) is 16.8 Å². The first-order valence-electron chi connectivity index (χ1n) is 2.94. The lowest BCUT2D eigenvalue weighted by Gasteiger charge is -2.26. The molecular formula is C5H2Cl2F4N2. The third-order valence-corrected chi connectivity index (χ3v) is 1.67. The lowest BCUT2D eigenvalue weighted by atomic mass is 10.5. The molecule has 0 saturated carbocycles. The molecule has 1 heterocycles. The summed E-state index contributed by atoms with van der Waals surface area (Å²) in [6.45, 7) is 0. The molecule has 0 saturated heterocycles. The molecule has 0 amide bonds. The number of hydrogen-bond acceptors (Lipinski definition) is 2. The van der Waals surface area contributed by atoms with Gasteiger partial charge in [0, 0.05) is 0 Å². The van der Waals surface area contributed by atoms with E-state index in [0.717, 1.165) is 0 Å². The first-order valence-corrected chi connectivity index (χ1v) is 3.82. The summed E-state index contributed by atoms with van der Waals surface area (Å²) in [6.07, 6.45) is -2.46. The summed E-state index contributed by atoms with van der Waals surface area (Å²) in [5, 5.41) is 0. The Bertz CT molecular complexity index is 278. The Morgan fingerprint density at radius 3 is 2.31 bits per heavy atom. The van der Waals surface area contributed by atoms with E-state index in [4.69, 9.17) is 23.2 Å². The van der Waals surface area contributed by atoms with E-state index in [-0.39, 0.29) is 4.90 Å². The van der Waals surface area contributed by atoms with E-state index < -0.39 is 29.1 Å². The van der Waals surface area contributed by atoms with Crippen LogP contribution in [0.1, 0.15) is 0 Å². The van der Waals surface area contributed by atoms with Gasteiger partial charge in [-0.3, -0.25) is 4.90 Å². The Labute approximate surface area is 80.4 Å². The maximum absolute atomic E-state index is 12.7. The molecule has 8 heteroatoms. The smallest absolute Gasteiger partial charge is 0.267 e. The van der Waals surface area contributed by atoms with Crippen molar-refractivity contribution in [1.29, 1.82) is 0 Å². The summed E-state index contributed by atoms with van der Waals surface area (Å²) in [5.41, 5.74) is 0. The summed E-state index contributed by atoms with van der Waals surface area (Å²) < 4.78 is 50.0. The zero-order chi connectivity index (χ0) is 10.2. The Balaban J connectivity index is 3.04. The van der Waals surface area contributed by atoms with Crippen molar-refractivity contribution >= 4 is 29.2 Å². The van der Waals surface area contributed by atoms with E-state index in [0.29, 0.717) is 0 Å². The molecule has 0 aromatic carbocycles. The highest BCUT2D eigenvalue weighted by molar-refractivity contribution is 6.44. The lowest BCUT2D eigenvalue weighted by molar-refractivity contribution is 0.0942. The molecule has 0 aromatic heterocycles. The molecule has 0 fully saturated rings. The predicted octanol–water partition coefficient (Wildman–Crippen LogP) is 2.79. The van der Waals surface area contributed by atoms with Gasteiger partial charge in [0.1, 0.15) is 0 Å². The van der Waals surface area contributed by atoms with E-state index in [1.807, 2.05) is 0 Å². The average molecular weight is 237 g/mol. The maximum atomic E-state index is 12.7. The molecule has 0 radical (unpaired) electrons. The summed E-state index contributed by atoms with van der Waals surface area (Å²) in [5.74, 6) is -5.58. The van der Waals surface area contributed by atoms with Crippen LogP contribution < -0.4 is 0 Å². The predicted molar refractivity (Wildman–Crippen MR) is 40.0 cm³/mol. The van der Waals surface area contributed by atoms with Gasteiger partial charge in [0.15, 0.2) is 4.96 Å². The Hall–Kier alpha value is -0.490. The van der Waals surface area contributed by atoms with Crippen LogP contribution in [0.4, 0.5) is 17.6 Å². The molecule has 1 unspecified atom stereocenters. The van der Waals surface area contributed by atoms with Crippen LogP contribution in [0.2, 0.25) is 0 Å². The molecule has 1 atom stereocenters. The van der Waals surface area contributed by atoms with Crippen molar-refractivity contribution in [3.05, 3.63) is 11.8 Å². The van der Waals surface area contributed by atoms with Crippen molar-refractivity contribution in [2.24, 2.45) is 4.99 Å². The molecule has 74 valence electrons. The van der Waals surface area contributed by atoms with Crippen molar-refractivity contribution in [3.8, 4) is 0 Å². The van der Waals surface area contributed by atoms with Gasteiger partial charge < -0.3 is 0 Å². The van der Waals surface area contributed by atoms with Crippen LogP contribution >= 0.6 is 23.2 Å². The van der Waals surface area contributed by atoms with Gasteiger partial charge in [0.2, 0.25) is 11.8 Å². The van der Waals surface area contributed by atoms with Gasteiger partial charge in [0.25, 0.3) is 12.4 Å². The number of nitrogens with zero attached hydrogens (tertiary/aromatic N) is 2. The Morgan fingerprint density at radius 2 is 1.85 bits per heavy atom. The van der Waals surface area contributed by atoms with Crippen molar-refractivity contribution in [1.82, 2.24) is 4.90 Å². The molecule has 1 aliphatic rings. The fraction of sp³-hybridized carbons (Fsp3) is 0.400. The second-order valence-corrected chi connectivity index (χ2v) is 3.07. The van der Waals surface area contributed by atoms with Crippen LogP contribution in [-0.4, -0.2) is 22.2 Å². The average Bonchev–Trinajstić information content (AvgIpc) is 1.99. The first kappa shape index (κ1) is 10.6. The van der Waals surface area contributed by atoms with Gasteiger partial charge in [0.05, 0.1) is 0 Å². The van der Waals surface area contributed by atoms with E-state index in [1.165, 1.54) is 0 Å². The van der Waals surface area contributed by atoms with E-state index in [1.54, 1.807) is 0 Å². The molecule has 0 aliphatic carbocycles. The number of rotatable bonds is 1. The van der Waals surface area contributed by atoms with Crippen LogP contribution in [0.3, 0.4) is 0 Å². The number of alkyl halides is 3. The van der Waals surface area contributed by atoms with Crippen molar-refractivity contribution < 1.29 is 17.6 Å². The fourth-order valence-corrected chi connectivity index (χ4v) is 1.04. The molecule has 0 spiro atoms. The maximum Gasteiger partial charge on any atom is 0.273 e. The molecule has 0 aromatic rings. The third-order valence-electron chi connectivity index (χ3n) is 1.25. The lowest BCUT2D eigenvalue weighted by Crippen LogP contribution is -2.36. The van der Waals surface area contributed by atoms with Crippen LogP contribution in [0.5, 0.6) is 0 Å². The molecule has 1 aliphatic heterocycles. The first-order chi connectivity index (χ1) is 5.95. The van der Waals surface area contributed by atoms with E-state index in [9.17, 15) is 17.6 Å². The van der Waals surface area contributed by atoms with Gasteiger partial charge in [-0.1, -0.05) is 23.2 Å². The highest BCUT2D eigenvalue weighted by Crippen LogP contribution is 2.30. The monoisotopic (exact) mass is 236 g/mol. The van der Waals surface area contributed by atoms with Crippen LogP contribution in [0.25, 0.3) is 0 Å². The van der Waals surface area contributed by atoms with Crippen LogP contribution in [-0.2, 0) is 0 Å². The molecule has 0 bridgehead atoms. The number of allylic oxidation sites excluding steroid dienone is 1. The van der Waals surface area contributed by atoms with E-state index >= 15 is 0 Å². The van der Waals surface area contributed by atoms with Gasteiger partial charge in [-0.15, -0.1) is 0 Å². The van der Waals surface area contributed by atoms with Gasteiger partial charge in [-0.05, 0) is 0 Å². The third kappa shape index (κ3) is 1.88. The molecule has 2 nitrogen and oxygen atoms in total. The van der Waals surface area contributed by atoms with Gasteiger partial charge >= 0.3 is 0 Å². The van der Waals surface area contributed by atoms with Crippen LogP contribution in [0, 0.1) is 0 Å². The number of aliphatic imine (C=N–C) groups is 1. The second-order valence-electron chi connectivity index (χ2n) is 2.02. The molecular weight excluding hydrogens is 235 g/mol. The van der Waals surface area contributed by atoms with E-state index in [2.05, 4.69) is 4.99 Å². The van der Waals surface area contributed by atoms with Gasteiger partial charge in [-0.25, -0.2) is 0 Å². The highest BCUT2D eigenvalue weighted by Gasteiger charge is 2.35. The minimum absolute atomic E-state index is 0.0540. The molecule has 13 heavy (non-hydrogen) atoms. The van der Waals surface area contributed by atoms with Crippen molar-refractivity contribution in [2.45, 2.75) is 11.4 Å². The summed E-state index contributed by atoms with van der Waals surface area (Å²) in [4.78, 5) is 0.747. The molecule has 0 N–H and O–H groups in total. The fourth-order valence-electron chi connectivity index (χ4n) is 0.683. The van der Waals surface area contributed by atoms with Crippen molar-refractivity contribution in [2.75, 3.05) is 0 Å². The summed E-state index contributed by atoms with van der Waals surface area (Å²) in [7, 11) is 0. The number of hydrogen-bond donors (Lipinski definition) is 0. The largest absolute Gasteiger partial charge is 0.273 e. The topological polar surface area (TPSA) is 15.6 Å². The SMILES string of the molecule is FC1=NC(F)N(C(Cl)Cl)C(F)=C1F. The quantitative estimate of drug-likeness (QED) is 0.389. The zero-order valence-corrected chi connectivity index (χ0v) is 7.33. The zero-order valence-electron chi connectivity index (χ0n) is 5.82. The standard InChI is InChI=1S/C5H2Cl2F4N2/c6-4(7)13-3(10)1(8)2(9)12-5(13)11/h4-5H. The Kier molecular flexibility index (Phi) is 3.02. The van der Waals surface area contributed by atoms with Gasteiger partial charge in [-0.2, -0.15) is 22.6 Å². The normalized spacial score (nSPS) is 24.1. The summed E-state index contributed by atoms with van der Waals surface area (Å²) >= 11 is 10.2.